The highest BCUT2D eigenvalue weighted by Gasteiger charge is 2.45. The lowest BCUT2D eigenvalue weighted by atomic mass is 10.00. The molecule has 3 heteroatoms. The third-order valence-corrected chi connectivity index (χ3v) is 4.20. The van der Waals surface area contributed by atoms with Gasteiger partial charge in [-0.25, -0.2) is 4.79 Å². The molecule has 0 amide bonds. The maximum atomic E-state index is 10.5. The molecule has 0 bridgehead atoms. The van der Waals surface area contributed by atoms with Crippen molar-refractivity contribution in [3.8, 4) is 0 Å². The van der Waals surface area contributed by atoms with E-state index in [1.54, 1.807) is 6.08 Å². The summed E-state index contributed by atoms with van der Waals surface area (Å²) in [6.07, 6.45) is 3.69. The molecule has 3 nitrogen and oxygen atoms in total. The molecule has 0 radical (unpaired) electrons. The molecule has 0 spiro atoms. The Kier molecular flexibility index (Phi) is 2.61. The SMILES string of the molecule is CC(C)N1Cc2ccc(C3(N=C=O)CC3)cc2C1. The van der Waals surface area contributed by atoms with Crippen molar-refractivity contribution in [2.45, 2.75) is 51.4 Å². The molecule has 1 aliphatic carbocycles. The van der Waals surface area contributed by atoms with Gasteiger partial charge in [0.05, 0.1) is 5.54 Å². The standard InChI is InChI=1S/C15H18N2O/c1-11(2)17-8-12-3-4-14(7-13(12)9-17)15(5-6-15)16-10-18/h3-4,7,11H,5-6,8-9H2,1-2H3. The molecular formula is C15H18N2O. The minimum Gasteiger partial charge on any atom is -0.292 e. The van der Waals surface area contributed by atoms with Crippen LogP contribution in [0.25, 0.3) is 0 Å². The molecule has 0 atom stereocenters. The first-order chi connectivity index (χ1) is 8.64. The van der Waals surface area contributed by atoms with Gasteiger partial charge in [0, 0.05) is 19.1 Å². The van der Waals surface area contributed by atoms with Crippen molar-refractivity contribution < 1.29 is 4.79 Å². The molecule has 0 saturated heterocycles. The summed E-state index contributed by atoms with van der Waals surface area (Å²) >= 11 is 0. The quantitative estimate of drug-likeness (QED) is 0.603. The van der Waals surface area contributed by atoms with Gasteiger partial charge in [-0.1, -0.05) is 18.2 Å². The van der Waals surface area contributed by atoms with Gasteiger partial charge in [0.25, 0.3) is 0 Å². The Hall–Kier alpha value is -1.44. The van der Waals surface area contributed by atoms with E-state index in [9.17, 15) is 4.79 Å². The Morgan fingerprint density at radius 2 is 2.00 bits per heavy atom. The van der Waals surface area contributed by atoms with E-state index in [-0.39, 0.29) is 5.54 Å². The molecule has 0 aromatic heterocycles. The van der Waals surface area contributed by atoms with Crippen LogP contribution in [-0.2, 0) is 23.4 Å². The predicted octanol–water partition coefficient (Wildman–Crippen LogP) is 2.74. The fraction of sp³-hybridized carbons (Fsp3) is 0.533. The van der Waals surface area contributed by atoms with Crippen molar-refractivity contribution in [2.75, 3.05) is 0 Å². The highest BCUT2D eigenvalue weighted by molar-refractivity contribution is 5.44. The number of nitrogens with zero attached hydrogens (tertiary/aromatic N) is 2. The van der Waals surface area contributed by atoms with E-state index in [1.807, 2.05) is 0 Å². The number of aliphatic imine (C=N–C) groups is 1. The number of isocyanates is 1. The molecule has 0 N–H and O–H groups in total. The van der Waals surface area contributed by atoms with Crippen molar-refractivity contribution in [3.05, 3.63) is 34.9 Å². The molecule has 0 unspecified atom stereocenters. The number of carbonyl (C=O) groups excluding carboxylic acids is 1. The maximum Gasteiger partial charge on any atom is 0.235 e. The van der Waals surface area contributed by atoms with Gasteiger partial charge in [-0.2, -0.15) is 4.99 Å². The first kappa shape index (κ1) is 11.6. The Bertz CT molecular complexity index is 525. The van der Waals surface area contributed by atoms with Gasteiger partial charge in [0.15, 0.2) is 0 Å². The molecule has 1 aromatic carbocycles. The average molecular weight is 242 g/mol. The van der Waals surface area contributed by atoms with Crippen molar-refractivity contribution in [1.29, 1.82) is 0 Å². The minimum absolute atomic E-state index is 0.234. The van der Waals surface area contributed by atoms with E-state index < -0.39 is 0 Å². The van der Waals surface area contributed by atoms with Crippen LogP contribution in [0.3, 0.4) is 0 Å². The first-order valence-corrected chi connectivity index (χ1v) is 6.60. The highest BCUT2D eigenvalue weighted by atomic mass is 16.1. The van der Waals surface area contributed by atoms with Gasteiger partial charge in [-0.15, -0.1) is 0 Å². The number of hydrogen-bond donors (Lipinski definition) is 0. The zero-order valence-corrected chi connectivity index (χ0v) is 10.9. The van der Waals surface area contributed by atoms with Gasteiger partial charge in [0.1, 0.15) is 0 Å². The smallest absolute Gasteiger partial charge is 0.235 e. The number of rotatable bonds is 3. The van der Waals surface area contributed by atoms with Crippen LogP contribution in [-0.4, -0.2) is 17.0 Å². The lowest BCUT2D eigenvalue weighted by molar-refractivity contribution is 0.227. The first-order valence-electron chi connectivity index (χ1n) is 6.60. The van der Waals surface area contributed by atoms with Crippen LogP contribution in [0.5, 0.6) is 0 Å². The topological polar surface area (TPSA) is 32.7 Å². The molecule has 94 valence electrons. The summed E-state index contributed by atoms with van der Waals surface area (Å²) in [5.74, 6) is 0. The van der Waals surface area contributed by atoms with Gasteiger partial charge >= 0.3 is 0 Å². The molecule has 2 aliphatic rings. The lowest BCUT2D eigenvalue weighted by Crippen LogP contribution is -2.24. The summed E-state index contributed by atoms with van der Waals surface area (Å²) in [6.45, 7) is 6.51. The van der Waals surface area contributed by atoms with Crippen LogP contribution in [0.2, 0.25) is 0 Å². The second-order valence-electron chi connectivity index (χ2n) is 5.72. The zero-order chi connectivity index (χ0) is 12.8. The summed E-state index contributed by atoms with van der Waals surface area (Å²) in [7, 11) is 0. The average Bonchev–Trinajstić information content (AvgIpc) is 3.00. The van der Waals surface area contributed by atoms with E-state index in [0.29, 0.717) is 6.04 Å². The van der Waals surface area contributed by atoms with E-state index in [0.717, 1.165) is 25.9 Å². The van der Waals surface area contributed by atoms with E-state index in [4.69, 9.17) is 0 Å². The fourth-order valence-electron chi connectivity index (χ4n) is 2.75. The Morgan fingerprint density at radius 1 is 1.28 bits per heavy atom. The summed E-state index contributed by atoms with van der Waals surface area (Å²) in [6, 6.07) is 7.15. The van der Waals surface area contributed by atoms with Gasteiger partial charge in [-0.05, 0) is 43.4 Å². The number of hydrogen-bond acceptors (Lipinski definition) is 3. The van der Waals surface area contributed by atoms with Crippen molar-refractivity contribution in [2.24, 2.45) is 4.99 Å². The fourth-order valence-corrected chi connectivity index (χ4v) is 2.75. The second-order valence-corrected chi connectivity index (χ2v) is 5.72. The Labute approximate surface area is 108 Å². The predicted molar refractivity (Wildman–Crippen MR) is 69.9 cm³/mol. The second kappa shape index (κ2) is 4.04. The summed E-state index contributed by atoms with van der Waals surface area (Å²) in [4.78, 5) is 17.0. The van der Waals surface area contributed by atoms with Crippen LogP contribution in [0.1, 0.15) is 43.4 Å². The number of benzene rings is 1. The van der Waals surface area contributed by atoms with Crippen LogP contribution in [0.4, 0.5) is 0 Å². The third-order valence-electron chi connectivity index (χ3n) is 4.20. The molecule has 3 rings (SSSR count). The van der Waals surface area contributed by atoms with Crippen molar-refractivity contribution in [3.63, 3.8) is 0 Å². The van der Waals surface area contributed by atoms with Gasteiger partial charge in [0.2, 0.25) is 6.08 Å². The number of fused-ring (bicyclic) bond motifs is 1. The normalized spacial score (nSPS) is 20.6. The molecule has 1 fully saturated rings. The molecule has 1 heterocycles. The van der Waals surface area contributed by atoms with Crippen molar-refractivity contribution >= 4 is 6.08 Å². The summed E-state index contributed by atoms with van der Waals surface area (Å²) in [5.41, 5.74) is 3.77. The maximum absolute atomic E-state index is 10.5. The Morgan fingerprint density at radius 3 is 2.61 bits per heavy atom. The van der Waals surface area contributed by atoms with Crippen LogP contribution in [0.15, 0.2) is 23.2 Å². The van der Waals surface area contributed by atoms with Crippen LogP contribution in [0, 0.1) is 0 Å². The molecule has 18 heavy (non-hydrogen) atoms. The monoisotopic (exact) mass is 242 g/mol. The van der Waals surface area contributed by atoms with E-state index >= 15 is 0 Å². The Balaban J connectivity index is 1.91. The molecular weight excluding hydrogens is 224 g/mol. The third kappa shape index (κ3) is 1.80. The lowest BCUT2D eigenvalue weighted by Gasteiger charge is -2.18. The molecule has 1 aromatic rings. The summed E-state index contributed by atoms with van der Waals surface area (Å²) in [5, 5.41) is 0. The molecule has 1 aliphatic heterocycles. The van der Waals surface area contributed by atoms with Gasteiger partial charge in [-0.3, -0.25) is 4.90 Å². The molecule has 1 saturated carbocycles. The van der Waals surface area contributed by atoms with E-state index in [1.165, 1.54) is 16.7 Å². The van der Waals surface area contributed by atoms with Crippen molar-refractivity contribution in [1.82, 2.24) is 4.90 Å². The zero-order valence-electron chi connectivity index (χ0n) is 10.9. The highest BCUT2D eigenvalue weighted by Crippen LogP contribution is 2.49. The van der Waals surface area contributed by atoms with E-state index in [2.05, 4.69) is 41.9 Å². The summed E-state index contributed by atoms with van der Waals surface area (Å²) < 4.78 is 0. The van der Waals surface area contributed by atoms with Gasteiger partial charge < -0.3 is 0 Å². The largest absolute Gasteiger partial charge is 0.292 e. The van der Waals surface area contributed by atoms with Crippen LogP contribution < -0.4 is 0 Å². The minimum atomic E-state index is -0.234. The van der Waals surface area contributed by atoms with Crippen LogP contribution >= 0.6 is 0 Å².